The van der Waals surface area contributed by atoms with Gasteiger partial charge in [0, 0.05) is 40.7 Å². The van der Waals surface area contributed by atoms with Crippen LogP contribution < -0.4 is 16.0 Å². The van der Waals surface area contributed by atoms with Crippen LogP contribution in [0.4, 0.5) is 0 Å². The number of nitrogens with one attached hydrogen (secondary N) is 3. The Bertz CT molecular complexity index is 1750. The molecular weight excluding hydrogens is 657 g/mol. The summed E-state index contributed by atoms with van der Waals surface area (Å²) < 4.78 is 0. The summed E-state index contributed by atoms with van der Waals surface area (Å²) in [6.45, 7) is 11.3. The summed E-state index contributed by atoms with van der Waals surface area (Å²) in [5, 5.41) is 10.8. The highest BCUT2D eigenvalue weighted by Crippen LogP contribution is 2.30. The van der Waals surface area contributed by atoms with Gasteiger partial charge in [-0.15, -0.1) is 0 Å². The number of hydrogen-bond acceptors (Lipinski definition) is 7. The maximum absolute atomic E-state index is 13.9. The Balaban J connectivity index is 1.28. The predicted molar refractivity (Wildman–Crippen MR) is 206 cm³/mol. The predicted octanol–water partition coefficient (Wildman–Crippen LogP) is 6.18. The molecule has 0 spiro atoms. The van der Waals surface area contributed by atoms with E-state index in [1.807, 2.05) is 119 Å². The third-order valence-electron chi connectivity index (χ3n) is 9.16. The number of para-hydroxylation sites is 1. The van der Waals surface area contributed by atoms with E-state index in [1.54, 1.807) is 6.07 Å². The number of likely N-dealkylation sites (tertiary alicyclic amines) is 1. The van der Waals surface area contributed by atoms with Gasteiger partial charge >= 0.3 is 0 Å². The first kappa shape index (κ1) is 38.0. The van der Waals surface area contributed by atoms with Crippen LogP contribution in [0.25, 0.3) is 10.9 Å². The second-order valence-corrected chi connectivity index (χ2v) is 16.1. The Labute approximate surface area is 306 Å². The smallest absolute Gasteiger partial charge is 0.270 e. The Kier molecular flexibility index (Phi) is 13.2. The molecule has 2 aromatic heterocycles. The standard InChI is InChI=1S/C41H52N6O3S/c1-28(2)37(45-38(48)35-19-18-30-15-9-10-17-34(30)44-35)40(50)43-31(25-29-13-7-6-8-14-29)20-23-47-24-21-33(51-27-32-16-11-12-22-42-32)26-36(47)39(49)46-41(3,4)5/h6-19,22,28,31,33,36-37H,20-21,23-27H2,1-5H3,(H,43,50)(H,45,48)(H,46,49)/t31-,33-,36+,37+/m1/s1. The maximum Gasteiger partial charge on any atom is 0.270 e. The minimum absolute atomic E-state index is 0.0409. The number of pyridine rings is 2. The van der Waals surface area contributed by atoms with E-state index in [4.69, 9.17) is 0 Å². The summed E-state index contributed by atoms with van der Waals surface area (Å²) in [6, 6.07) is 26.1. The molecule has 4 aromatic rings. The summed E-state index contributed by atoms with van der Waals surface area (Å²) in [5.41, 5.74) is 2.81. The summed E-state index contributed by atoms with van der Waals surface area (Å²) in [5.74, 6) is 0.0888. The van der Waals surface area contributed by atoms with Gasteiger partial charge < -0.3 is 16.0 Å². The van der Waals surface area contributed by atoms with E-state index in [1.165, 1.54) is 0 Å². The first-order valence-corrected chi connectivity index (χ1v) is 19.1. The summed E-state index contributed by atoms with van der Waals surface area (Å²) in [4.78, 5) is 52.3. The monoisotopic (exact) mass is 708 g/mol. The van der Waals surface area contributed by atoms with Gasteiger partial charge in [-0.3, -0.25) is 24.3 Å². The zero-order valence-corrected chi connectivity index (χ0v) is 31.3. The van der Waals surface area contributed by atoms with Crippen molar-refractivity contribution in [2.75, 3.05) is 13.1 Å². The van der Waals surface area contributed by atoms with Crippen LogP contribution in [0.15, 0.2) is 91.1 Å². The van der Waals surface area contributed by atoms with Crippen LogP contribution in [-0.4, -0.2) is 74.6 Å². The number of hydrogen-bond donors (Lipinski definition) is 3. The molecule has 3 amide bonds. The molecule has 0 saturated carbocycles. The number of carbonyl (C=O) groups excluding carboxylic acids is 3. The second-order valence-electron chi connectivity index (χ2n) is 14.8. The maximum atomic E-state index is 13.9. The number of carbonyl (C=O) groups is 3. The number of benzene rings is 2. The van der Waals surface area contributed by atoms with E-state index in [2.05, 4.69) is 43.0 Å². The molecule has 0 radical (unpaired) electrons. The van der Waals surface area contributed by atoms with Crippen LogP contribution in [0.5, 0.6) is 0 Å². The number of aromatic nitrogens is 2. The van der Waals surface area contributed by atoms with Crippen molar-refractivity contribution in [3.8, 4) is 0 Å². The SMILES string of the molecule is CC(C)[C@H](NC(=O)c1ccc2ccccc2n1)C(=O)N[C@H](CCN1CC[C@@H](SCc2ccccn2)C[C@H]1C(=O)NC(C)(C)C)Cc1ccccc1. The minimum atomic E-state index is -0.749. The van der Waals surface area contributed by atoms with Crippen molar-refractivity contribution < 1.29 is 14.4 Å². The molecular formula is C41H52N6O3S. The first-order valence-electron chi connectivity index (χ1n) is 18.0. The molecule has 1 fully saturated rings. The molecule has 2 aromatic carbocycles. The molecule has 10 heteroatoms. The van der Waals surface area contributed by atoms with E-state index < -0.39 is 6.04 Å². The largest absolute Gasteiger partial charge is 0.351 e. The van der Waals surface area contributed by atoms with Crippen molar-refractivity contribution in [2.45, 2.75) is 95.0 Å². The second kappa shape index (κ2) is 17.8. The molecule has 1 saturated heterocycles. The lowest BCUT2D eigenvalue weighted by Gasteiger charge is -2.40. The average molecular weight is 709 g/mol. The van der Waals surface area contributed by atoms with Gasteiger partial charge in [-0.05, 0) is 88.7 Å². The van der Waals surface area contributed by atoms with Crippen LogP contribution in [0.1, 0.15) is 75.6 Å². The van der Waals surface area contributed by atoms with Gasteiger partial charge in [0.25, 0.3) is 5.91 Å². The molecule has 3 N–H and O–H groups in total. The van der Waals surface area contributed by atoms with Gasteiger partial charge in [-0.25, -0.2) is 4.98 Å². The number of amides is 3. The van der Waals surface area contributed by atoms with Crippen molar-refractivity contribution in [1.82, 2.24) is 30.8 Å². The minimum Gasteiger partial charge on any atom is -0.351 e. The molecule has 1 aliphatic rings. The normalized spacial score (nSPS) is 17.8. The van der Waals surface area contributed by atoms with Crippen LogP contribution >= 0.6 is 11.8 Å². The molecule has 0 bridgehead atoms. The fourth-order valence-electron chi connectivity index (χ4n) is 6.49. The lowest BCUT2D eigenvalue weighted by atomic mass is 9.96. The summed E-state index contributed by atoms with van der Waals surface area (Å²) >= 11 is 1.87. The van der Waals surface area contributed by atoms with Crippen LogP contribution in [0.2, 0.25) is 0 Å². The quantitative estimate of drug-likeness (QED) is 0.143. The zero-order chi connectivity index (χ0) is 36.4. The van der Waals surface area contributed by atoms with Crippen LogP contribution in [0.3, 0.4) is 0 Å². The average Bonchev–Trinajstić information content (AvgIpc) is 3.11. The molecule has 3 heterocycles. The lowest BCUT2D eigenvalue weighted by Crippen LogP contribution is -2.56. The number of thioether (sulfide) groups is 1. The molecule has 4 atom stereocenters. The van der Waals surface area contributed by atoms with E-state index in [-0.39, 0.29) is 47.0 Å². The number of fused-ring (bicyclic) bond motifs is 1. The van der Waals surface area contributed by atoms with Gasteiger partial charge in [0.2, 0.25) is 11.8 Å². The molecule has 0 aliphatic carbocycles. The molecule has 51 heavy (non-hydrogen) atoms. The number of nitrogens with zero attached hydrogens (tertiary/aromatic N) is 3. The van der Waals surface area contributed by atoms with Crippen molar-refractivity contribution in [1.29, 1.82) is 0 Å². The first-order chi connectivity index (χ1) is 24.4. The van der Waals surface area contributed by atoms with Gasteiger partial charge in [-0.1, -0.05) is 74.5 Å². The number of piperidine rings is 1. The highest BCUT2D eigenvalue weighted by molar-refractivity contribution is 7.99. The Morgan fingerprint density at radius 1 is 0.922 bits per heavy atom. The van der Waals surface area contributed by atoms with Crippen LogP contribution in [-0.2, 0) is 21.8 Å². The van der Waals surface area contributed by atoms with Gasteiger partial charge in [0.1, 0.15) is 11.7 Å². The van der Waals surface area contributed by atoms with Gasteiger partial charge in [0.15, 0.2) is 0 Å². The summed E-state index contributed by atoms with van der Waals surface area (Å²) in [7, 11) is 0. The molecule has 9 nitrogen and oxygen atoms in total. The molecule has 270 valence electrons. The van der Waals surface area contributed by atoms with Gasteiger partial charge in [-0.2, -0.15) is 11.8 Å². The van der Waals surface area contributed by atoms with Crippen molar-refractivity contribution in [3.63, 3.8) is 0 Å². The molecule has 0 unspecified atom stereocenters. The Hall–Kier alpha value is -4.28. The lowest BCUT2D eigenvalue weighted by molar-refractivity contribution is -0.129. The molecule has 5 rings (SSSR count). The fourth-order valence-corrected chi connectivity index (χ4v) is 7.66. The van der Waals surface area contributed by atoms with E-state index >= 15 is 0 Å². The van der Waals surface area contributed by atoms with Gasteiger partial charge in [0.05, 0.1) is 17.3 Å². The van der Waals surface area contributed by atoms with E-state index in [0.717, 1.165) is 47.3 Å². The van der Waals surface area contributed by atoms with Crippen molar-refractivity contribution in [2.24, 2.45) is 5.92 Å². The summed E-state index contributed by atoms with van der Waals surface area (Å²) in [6.07, 6.45) is 4.82. The fraction of sp³-hybridized carbons (Fsp3) is 0.439. The van der Waals surface area contributed by atoms with E-state index in [0.29, 0.717) is 24.6 Å². The number of rotatable bonds is 14. The van der Waals surface area contributed by atoms with Crippen molar-refractivity contribution in [3.05, 3.63) is 108 Å². The zero-order valence-electron chi connectivity index (χ0n) is 30.5. The van der Waals surface area contributed by atoms with Crippen molar-refractivity contribution >= 4 is 40.4 Å². The topological polar surface area (TPSA) is 116 Å². The van der Waals surface area contributed by atoms with E-state index in [9.17, 15) is 14.4 Å². The van der Waals surface area contributed by atoms with Crippen LogP contribution in [0, 0.1) is 5.92 Å². The third-order valence-corrected chi connectivity index (χ3v) is 10.5. The Morgan fingerprint density at radius 2 is 1.67 bits per heavy atom. The highest BCUT2D eigenvalue weighted by atomic mass is 32.2. The Morgan fingerprint density at radius 3 is 2.39 bits per heavy atom. The highest BCUT2D eigenvalue weighted by Gasteiger charge is 2.35. The third kappa shape index (κ3) is 11.4. The molecule has 1 aliphatic heterocycles.